The van der Waals surface area contributed by atoms with Gasteiger partial charge in [-0.15, -0.1) is 0 Å². The number of hydrogen-bond donors (Lipinski definition) is 2. The third kappa shape index (κ3) is 7.34. The summed E-state index contributed by atoms with van der Waals surface area (Å²) in [6.45, 7) is 10.0. The highest BCUT2D eigenvalue weighted by molar-refractivity contribution is 5.95. The van der Waals surface area contributed by atoms with Crippen molar-refractivity contribution in [1.82, 2.24) is 0 Å². The number of rotatable bonds is 10. The fraction of sp³-hybridized carbons (Fsp3) is 0.310. The Kier molecular flexibility index (Phi) is 8.90. The van der Waals surface area contributed by atoms with Crippen LogP contribution in [0.15, 0.2) is 66.7 Å². The fourth-order valence-corrected chi connectivity index (χ4v) is 3.68. The van der Waals surface area contributed by atoms with Gasteiger partial charge in [-0.2, -0.15) is 0 Å². The Morgan fingerprint density at radius 1 is 0.714 bits per heavy atom. The summed E-state index contributed by atoms with van der Waals surface area (Å²) in [5.74, 6) is 1.44. The van der Waals surface area contributed by atoms with Gasteiger partial charge < -0.3 is 20.1 Å². The van der Waals surface area contributed by atoms with Crippen LogP contribution in [0.3, 0.4) is 0 Å². The smallest absolute Gasteiger partial charge is 0.262 e. The lowest BCUT2D eigenvalue weighted by Gasteiger charge is -2.15. The Morgan fingerprint density at radius 2 is 1.20 bits per heavy atom. The standard InChI is InChI=1S/C29H34N2O4/c1-19(2)23-10-6-8-12-26(23)34-17-28(32)30-22-15-14-21(5)25(16-22)31-29(33)18-35-27-13-9-7-11-24(27)20(3)4/h6-16,19-20H,17-18H2,1-5H3,(H,30,32)(H,31,33). The highest BCUT2D eigenvalue weighted by Crippen LogP contribution is 2.27. The van der Waals surface area contributed by atoms with Crippen LogP contribution in [0.2, 0.25) is 0 Å². The van der Waals surface area contributed by atoms with E-state index in [0.29, 0.717) is 34.7 Å². The summed E-state index contributed by atoms with van der Waals surface area (Å²) in [4.78, 5) is 25.0. The maximum Gasteiger partial charge on any atom is 0.262 e. The van der Waals surface area contributed by atoms with Crippen LogP contribution in [0.5, 0.6) is 11.5 Å². The predicted molar refractivity (Wildman–Crippen MR) is 140 cm³/mol. The average Bonchev–Trinajstić information content (AvgIpc) is 2.83. The molecule has 2 N–H and O–H groups in total. The van der Waals surface area contributed by atoms with Crippen molar-refractivity contribution in [3.05, 3.63) is 83.4 Å². The van der Waals surface area contributed by atoms with Gasteiger partial charge >= 0.3 is 0 Å². The molecule has 0 saturated carbocycles. The average molecular weight is 475 g/mol. The quantitative estimate of drug-likeness (QED) is 0.363. The minimum Gasteiger partial charge on any atom is -0.483 e. The van der Waals surface area contributed by atoms with Crippen molar-refractivity contribution in [2.45, 2.75) is 46.5 Å². The molecule has 6 heteroatoms. The van der Waals surface area contributed by atoms with E-state index in [-0.39, 0.29) is 25.0 Å². The largest absolute Gasteiger partial charge is 0.483 e. The van der Waals surface area contributed by atoms with E-state index in [1.807, 2.05) is 61.5 Å². The number of anilines is 2. The molecule has 0 aliphatic rings. The number of amides is 2. The first-order valence-electron chi connectivity index (χ1n) is 11.9. The van der Waals surface area contributed by atoms with Crippen molar-refractivity contribution in [1.29, 1.82) is 0 Å². The zero-order chi connectivity index (χ0) is 25.4. The maximum atomic E-state index is 12.6. The Bertz CT molecular complexity index is 1170. The minimum atomic E-state index is -0.279. The van der Waals surface area contributed by atoms with Crippen LogP contribution in [0, 0.1) is 6.92 Å². The first-order valence-corrected chi connectivity index (χ1v) is 11.9. The van der Waals surface area contributed by atoms with Gasteiger partial charge in [-0.05, 0) is 59.7 Å². The zero-order valence-corrected chi connectivity index (χ0v) is 21.1. The van der Waals surface area contributed by atoms with Crippen LogP contribution < -0.4 is 20.1 Å². The molecule has 0 aliphatic heterocycles. The van der Waals surface area contributed by atoms with E-state index in [9.17, 15) is 9.59 Å². The molecule has 0 unspecified atom stereocenters. The van der Waals surface area contributed by atoms with Gasteiger partial charge in [0.1, 0.15) is 11.5 Å². The van der Waals surface area contributed by atoms with E-state index in [1.54, 1.807) is 12.1 Å². The van der Waals surface area contributed by atoms with Gasteiger partial charge in [0, 0.05) is 11.4 Å². The van der Waals surface area contributed by atoms with Crippen molar-refractivity contribution in [3.8, 4) is 11.5 Å². The lowest BCUT2D eigenvalue weighted by molar-refractivity contribution is -0.118. The highest BCUT2D eigenvalue weighted by Gasteiger charge is 2.13. The third-order valence-corrected chi connectivity index (χ3v) is 5.59. The van der Waals surface area contributed by atoms with Crippen LogP contribution in [0.4, 0.5) is 11.4 Å². The molecule has 0 fully saturated rings. The van der Waals surface area contributed by atoms with Gasteiger partial charge in [0.15, 0.2) is 13.2 Å². The van der Waals surface area contributed by atoms with Gasteiger partial charge in [-0.3, -0.25) is 9.59 Å². The summed E-state index contributed by atoms with van der Waals surface area (Å²) in [5, 5.41) is 5.71. The van der Waals surface area contributed by atoms with Gasteiger partial charge in [-0.1, -0.05) is 70.2 Å². The van der Waals surface area contributed by atoms with Gasteiger partial charge in [0.2, 0.25) is 0 Å². The van der Waals surface area contributed by atoms with Crippen molar-refractivity contribution < 1.29 is 19.1 Å². The van der Waals surface area contributed by atoms with E-state index in [4.69, 9.17) is 9.47 Å². The van der Waals surface area contributed by atoms with E-state index >= 15 is 0 Å². The second-order valence-corrected chi connectivity index (χ2v) is 9.09. The molecule has 2 amide bonds. The second kappa shape index (κ2) is 12.1. The van der Waals surface area contributed by atoms with Crippen molar-refractivity contribution in [2.24, 2.45) is 0 Å². The molecule has 0 radical (unpaired) electrons. The number of aryl methyl sites for hydroxylation is 1. The van der Waals surface area contributed by atoms with E-state index < -0.39 is 0 Å². The van der Waals surface area contributed by atoms with Crippen LogP contribution in [0.1, 0.15) is 56.2 Å². The van der Waals surface area contributed by atoms with E-state index in [1.165, 1.54) is 0 Å². The molecule has 0 heterocycles. The topological polar surface area (TPSA) is 76.7 Å². The highest BCUT2D eigenvalue weighted by atomic mass is 16.5. The predicted octanol–water partition coefficient (Wildman–Crippen LogP) is 6.28. The molecular weight excluding hydrogens is 440 g/mol. The van der Waals surface area contributed by atoms with Crippen molar-refractivity contribution >= 4 is 23.2 Å². The molecule has 3 aromatic rings. The Hall–Kier alpha value is -3.80. The van der Waals surface area contributed by atoms with Crippen LogP contribution >= 0.6 is 0 Å². The minimum absolute atomic E-state index is 0.108. The van der Waals surface area contributed by atoms with Crippen LogP contribution in [0.25, 0.3) is 0 Å². The van der Waals surface area contributed by atoms with E-state index in [2.05, 4.69) is 38.3 Å². The van der Waals surface area contributed by atoms with Crippen LogP contribution in [-0.2, 0) is 9.59 Å². The number of benzene rings is 3. The van der Waals surface area contributed by atoms with Gasteiger partial charge in [0.25, 0.3) is 11.8 Å². The summed E-state index contributed by atoms with van der Waals surface area (Å²) in [6, 6.07) is 20.8. The molecule has 0 atom stereocenters. The molecular formula is C29H34N2O4. The lowest BCUT2D eigenvalue weighted by Crippen LogP contribution is -2.22. The normalized spacial score (nSPS) is 10.8. The third-order valence-electron chi connectivity index (χ3n) is 5.59. The van der Waals surface area contributed by atoms with Crippen molar-refractivity contribution in [2.75, 3.05) is 23.8 Å². The molecule has 0 bridgehead atoms. The molecule has 3 aromatic carbocycles. The SMILES string of the molecule is Cc1ccc(NC(=O)COc2ccccc2C(C)C)cc1NC(=O)COc1ccccc1C(C)C. The summed E-state index contributed by atoms with van der Waals surface area (Å²) >= 11 is 0. The Balaban J connectivity index is 1.57. The molecule has 0 spiro atoms. The summed E-state index contributed by atoms with van der Waals surface area (Å²) in [7, 11) is 0. The molecule has 3 rings (SSSR count). The number of carbonyl (C=O) groups is 2. The first kappa shape index (κ1) is 25.8. The Morgan fingerprint density at radius 3 is 1.71 bits per heavy atom. The number of carbonyl (C=O) groups excluding carboxylic acids is 2. The number of hydrogen-bond acceptors (Lipinski definition) is 4. The fourth-order valence-electron chi connectivity index (χ4n) is 3.68. The van der Waals surface area contributed by atoms with Gasteiger partial charge in [-0.25, -0.2) is 0 Å². The van der Waals surface area contributed by atoms with Gasteiger partial charge in [0.05, 0.1) is 0 Å². The molecule has 6 nitrogen and oxygen atoms in total. The molecule has 35 heavy (non-hydrogen) atoms. The molecule has 0 saturated heterocycles. The number of nitrogens with one attached hydrogen (secondary N) is 2. The van der Waals surface area contributed by atoms with Crippen molar-refractivity contribution in [3.63, 3.8) is 0 Å². The second-order valence-electron chi connectivity index (χ2n) is 9.09. The summed E-state index contributed by atoms with van der Waals surface area (Å²) < 4.78 is 11.5. The molecule has 0 aliphatic carbocycles. The molecule has 0 aromatic heterocycles. The number of para-hydroxylation sites is 2. The summed E-state index contributed by atoms with van der Waals surface area (Å²) in [6.07, 6.45) is 0. The first-order chi connectivity index (χ1) is 16.7. The number of ether oxygens (including phenoxy) is 2. The van der Waals surface area contributed by atoms with E-state index in [0.717, 1.165) is 16.7 Å². The molecule has 184 valence electrons. The monoisotopic (exact) mass is 474 g/mol. The Labute approximate surface area is 207 Å². The zero-order valence-electron chi connectivity index (χ0n) is 21.1. The lowest BCUT2D eigenvalue weighted by atomic mass is 10.0. The van der Waals surface area contributed by atoms with Crippen LogP contribution in [-0.4, -0.2) is 25.0 Å². The maximum absolute atomic E-state index is 12.6. The summed E-state index contributed by atoms with van der Waals surface area (Å²) in [5.41, 5.74) is 4.17.